The molecule has 128 valence electrons. The van der Waals surface area contributed by atoms with E-state index in [4.69, 9.17) is 27.9 Å². The van der Waals surface area contributed by atoms with Crippen LogP contribution >= 0.6 is 23.2 Å². The first-order valence-electron chi connectivity index (χ1n) is 7.94. The fraction of sp³-hybridized carbons (Fsp3) is 0.588. The van der Waals surface area contributed by atoms with Crippen molar-refractivity contribution in [3.63, 3.8) is 0 Å². The highest BCUT2D eigenvalue weighted by Crippen LogP contribution is 2.27. The van der Waals surface area contributed by atoms with Gasteiger partial charge in [-0.15, -0.1) is 0 Å². The number of hydrogen-bond acceptors (Lipinski definition) is 3. The Hall–Kier alpha value is -0.970. The van der Waals surface area contributed by atoms with Crippen LogP contribution in [0.2, 0.25) is 10.0 Å². The Bertz CT molecular complexity index is 556. The lowest BCUT2D eigenvalue weighted by atomic mass is 9.98. The van der Waals surface area contributed by atoms with Crippen LogP contribution in [0, 0.1) is 0 Å². The van der Waals surface area contributed by atoms with E-state index in [1.807, 2.05) is 4.90 Å². The van der Waals surface area contributed by atoms with Crippen LogP contribution in [0.3, 0.4) is 0 Å². The molecule has 0 saturated carbocycles. The zero-order valence-corrected chi connectivity index (χ0v) is 15.5. The summed E-state index contributed by atoms with van der Waals surface area (Å²) >= 11 is 11.9. The largest absolute Gasteiger partial charge is 0.482 e. The zero-order chi connectivity index (χ0) is 17.0. The molecular formula is C17H24Cl2N2O2. The number of hydrogen-bond donors (Lipinski definition) is 0. The number of amides is 1. The number of rotatable bonds is 5. The van der Waals surface area contributed by atoms with Crippen molar-refractivity contribution in [2.24, 2.45) is 0 Å². The maximum atomic E-state index is 12.3. The van der Waals surface area contributed by atoms with E-state index < -0.39 is 0 Å². The molecule has 0 N–H and O–H groups in total. The van der Waals surface area contributed by atoms with Crippen molar-refractivity contribution in [2.75, 3.05) is 32.8 Å². The molecule has 2 rings (SSSR count). The van der Waals surface area contributed by atoms with E-state index in [1.165, 1.54) is 0 Å². The zero-order valence-electron chi connectivity index (χ0n) is 13.9. The van der Waals surface area contributed by atoms with Gasteiger partial charge in [0, 0.05) is 36.7 Å². The normalized spacial score (nSPS) is 16.5. The van der Waals surface area contributed by atoms with Crippen LogP contribution in [-0.4, -0.2) is 54.0 Å². The van der Waals surface area contributed by atoms with Crippen LogP contribution in [0.25, 0.3) is 0 Å². The molecule has 0 radical (unpaired) electrons. The summed E-state index contributed by atoms with van der Waals surface area (Å²) in [5, 5.41) is 0.961. The molecule has 0 atom stereocenters. The molecule has 23 heavy (non-hydrogen) atoms. The highest BCUT2D eigenvalue weighted by Gasteiger charge is 2.29. The van der Waals surface area contributed by atoms with Crippen LogP contribution in [0.1, 0.15) is 27.2 Å². The van der Waals surface area contributed by atoms with Crippen LogP contribution in [0.5, 0.6) is 5.75 Å². The van der Waals surface area contributed by atoms with Crippen LogP contribution in [0.4, 0.5) is 0 Å². The van der Waals surface area contributed by atoms with Crippen molar-refractivity contribution in [2.45, 2.75) is 32.7 Å². The van der Waals surface area contributed by atoms with E-state index in [2.05, 4.69) is 25.7 Å². The number of piperazine rings is 1. The first kappa shape index (κ1) is 18.4. The van der Waals surface area contributed by atoms with E-state index in [1.54, 1.807) is 18.2 Å². The lowest BCUT2D eigenvalue weighted by molar-refractivity contribution is -0.136. The minimum absolute atomic E-state index is 0.00147. The summed E-state index contributed by atoms with van der Waals surface area (Å²) in [6, 6.07) is 4.98. The van der Waals surface area contributed by atoms with E-state index >= 15 is 0 Å². The summed E-state index contributed by atoms with van der Waals surface area (Å²) in [7, 11) is 0. The van der Waals surface area contributed by atoms with E-state index in [-0.39, 0.29) is 18.1 Å². The molecule has 0 aromatic heterocycles. The first-order valence-corrected chi connectivity index (χ1v) is 8.70. The van der Waals surface area contributed by atoms with Gasteiger partial charge < -0.3 is 9.64 Å². The third-order valence-corrected chi connectivity index (χ3v) is 5.13. The monoisotopic (exact) mass is 358 g/mol. The highest BCUT2D eigenvalue weighted by molar-refractivity contribution is 6.35. The fourth-order valence-electron chi connectivity index (χ4n) is 2.61. The van der Waals surface area contributed by atoms with E-state index in [9.17, 15) is 4.79 Å². The van der Waals surface area contributed by atoms with Gasteiger partial charge in [-0.3, -0.25) is 9.69 Å². The molecule has 6 heteroatoms. The number of carbonyl (C=O) groups excluding carboxylic acids is 1. The SMILES string of the molecule is CCC(C)(C)N1CCN(C(=O)COc2ccc(Cl)cc2Cl)CC1. The van der Waals surface area contributed by atoms with Crippen molar-refractivity contribution in [1.29, 1.82) is 0 Å². The van der Waals surface area contributed by atoms with E-state index in [0.29, 0.717) is 15.8 Å². The van der Waals surface area contributed by atoms with Gasteiger partial charge >= 0.3 is 0 Å². The summed E-state index contributed by atoms with van der Waals surface area (Å²) in [6.07, 6.45) is 1.10. The van der Waals surface area contributed by atoms with Gasteiger partial charge in [-0.25, -0.2) is 0 Å². The molecule has 1 aromatic carbocycles. The predicted octanol–water partition coefficient (Wildman–Crippen LogP) is 3.71. The molecule has 1 amide bonds. The second-order valence-electron chi connectivity index (χ2n) is 6.40. The lowest BCUT2D eigenvalue weighted by Gasteiger charge is -2.43. The van der Waals surface area contributed by atoms with Gasteiger partial charge in [0.15, 0.2) is 6.61 Å². The van der Waals surface area contributed by atoms with Crippen molar-refractivity contribution in [1.82, 2.24) is 9.80 Å². The fourth-order valence-corrected chi connectivity index (χ4v) is 3.07. The molecule has 4 nitrogen and oxygen atoms in total. The number of carbonyl (C=O) groups is 1. The standard InChI is InChI=1S/C17H24Cl2N2O2/c1-4-17(2,3)21-9-7-20(8-10-21)16(22)12-23-15-6-5-13(18)11-14(15)19/h5-6,11H,4,7-10,12H2,1-3H3. The molecule has 0 aliphatic carbocycles. The Balaban J connectivity index is 1.83. The molecule has 1 aliphatic rings. The smallest absolute Gasteiger partial charge is 0.260 e. The highest BCUT2D eigenvalue weighted by atomic mass is 35.5. The summed E-state index contributed by atoms with van der Waals surface area (Å²) in [5.74, 6) is 0.472. The van der Waals surface area contributed by atoms with Gasteiger partial charge in [0.1, 0.15) is 5.75 Å². The number of ether oxygens (including phenoxy) is 1. The Kier molecular flexibility index (Phi) is 6.18. The topological polar surface area (TPSA) is 32.8 Å². The maximum absolute atomic E-state index is 12.3. The summed E-state index contributed by atoms with van der Waals surface area (Å²) < 4.78 is 5.53. The molecule has 0 unspecified atom stereocenters. The van der Waals surface area contributed by atoms with Gasteiger partial charge in [-0.05, 0) is 38.5 Å². The third kappa shape index (κ3) is 4.75. The predicted molar refractivity (Wildman–Crippen MR) is 94.5 cm³/mol. The van der Waals surface area contributed by atoms with Crippen molar-refractivity contribution < 1.29 is 9.53 Å². The van der Waals surface area contributed by atoms with Gasteiger partial charge in [0.25, 0.3) is 5.91 Å². The molecule has 1 aromatic rings. The quantitative estimate of drug-likeness (QED) is 0.804. The maximum Gasteiger partial charge on any atom is 0.260 e. The lowest BCUT2D eigenvalue weighted by Crippen LogP contribution is -2.56. The van der Waals surface area contributed by atoms with Crippen molar-refractivity contribution >= 4 is 29.1 Å². The Morgan fingerprint density at radius 2 is 1.87 bits per heavy atom. The summed E-state index contributed by atoms with van der Waals surface area (Å²) in [4.78, 5) is 16.6. The molecule has 0 spiro atoms. The molecule has 0 bridgehead atoms. The minimum Gasteiger partial charge on any atom is -0.482 e. The van der Waals surface area contributed by atoms with Crippen molar-refractivity contribution in [3.8, 4) is 5.75 Å². The summed E-state index contributed by atoms with van der Waals surface area (Å²) in [5.41, 5.74) is 0.183. The molecule has 1 saturated heterocycles. The average Bonchev–Trinajstić information content (AvgIpc) is 2.54. The van der Waals surface area contributed by atoms with Gasteiger partial charge in [-0.1, -0.05) is 30.1 Å². The Morgan fingerprint density at radius 1 is 1.22 bits per heavy atom. The first-order chi connectivity index (χ1) is 10.8. The second-order valence-corrected chi connectivity index (χ2v) is 7.24. The molecular weight excluding hydrogens is 335 g/mol. The number of halogens is 2. The third-order valence-electron chi connectivity index (χ3n) is 4.60. The average molecular weight is 359 g/mol. The van der Waals surface area contributed by atoms with Crippen LogP contribution in [0.15, 0.2) is 18.2 Å². The Labute approximate surface area is 148 Å². The minimum atomic E-state index is -0.00929. The Morgan fingerprint density at radius 3 is 2.43 bits per heavy atom. The molecule has 1 aliphatic heterocycles. The number of benzene rings is 1. The second kappa shape index (κ2) is 7.73. The molecule has 1 heterocycles. The van der Waals surface area contributed by atoms with Gasteiger partial charge in [-0.2, -0.15) is 0 Å². The van der Waals surface area contributed by atoms with Crippen molar-refractivity contribution in [3.05, 3.63) is 28.2 Å². The van der Waals surface area contributed by atoms with Crippen LogP contribution < -0.4 is 4.74 Å². The number of nitrogens with zero attached hydrogens (tertiary/aromatic N) is 2. The summed E-state index contributed by atoms with van der Waals surface area (Å²) in [6.45, 7) is 9.95. The van der Waals surface area contributed by atoms with Gasteiger partial charge in [0.2, 0.25) is 0 Å². The van der Waals surface area contributed by atoms with Gasteiger partial charge in [0.05, 0.1) is 5.02 Å². The van der Waals surface area contributed by atoms with Crippen LogP contribution in [-0.2, 0) is 4.79 Å². The molecule has 1 fully saturated rings. The van der Waals surface area contributed by atoms with E-state index in [0.717, 1.165) is 32.6 Å².